The Bertz CT molecular complexity index is 316. The number of hydrogen-bond acceptors (Lipinski definition) is 4. The van der Waals surface area contributed by atoms with Gasteiger partial charge in [0, 0.05) is 6.54 Å². The van der Waals surface area contributed by atoms with Crippen molar-refractivity contribution < 1.29 is 5.11 Å². The van der Waals surface area contributed by atoms with Gasteiger partial charge in [-0.25, -0.2) is 4.98 Å². The molecule has 1 aromatic heterocycles. The summed E-state index contributed by atoms with van der Waals surface area (Å²) in [6.07, 6.45) is 2.08. The Morgan fingerprint density at radius 2 is 2.12 bits per heavy atom. The highest BCUT2D eigenvalue weighted by Gasteiger charge is 2.16. The first-order valence-electron chi connectivity index (χ1n) is 5.50. The van der Waals surface area contributed by atoms with Crippen LogP contribution in [0.4, 0.5) is 11.5 Å². The third-order valence-corrected chi connectivity index (χ3v) is 2.18. The fourth-order valence-corrected chi connectivity index (χ4v) is 1.52. The number of nitrogens with zero attached hydrogens (tertiary/aromatic N) is 1. The van der Waals surface area contributed by atoms with Crippen molar-refractivity contribution in [2.75, 3.05) is 17.6 Å². The molecule has 1 aromatic rings. The number of nitrogens with two attached hydrogens (primary N) is 1. The molecule has 0 aliphatic carbocycles. The second-order valence-electron chi connectivity index (χ2n) is 5.27. The van der Waals surface area contributed by atoms with Gasteiger partial charge < -0.3 is 16.2 Å². The SMILES string of the molecule is CC(C)(C)CC(O)CNc1ccc(N)nc1. The minimum Gasteiger partial charge on any atom is -0.391 e. The summed E-state index contributed by atoms with van der Waals surface area (Å²) in [6.45, 7) is 6.87. The van der Waals surface area contributed by atoms with Crippen LogP contribution in [0.25, 0.3) is 0 Å². The van der Waals surface area contributed by atoms with Crippen LogP contribution in [0.5, 0.6) is 0 Å². The largest absolute Gasteiger partial charge is 0.391 e. The molecule has 4 N–H and O–H groups in total. The molecular weight excluding hydrogens is 202 g/mol. The van der Waals surface area contributed by atoms with Crippen molar-refractivity contribution in [3.8, 4) is 0 Å². The lowest BCUT2D eigenvalue weighted by atomic mass is 9.89. The molecule has 16 heavy (non-hydrogen) atoms. The van der Waals surface area contributed by atoms with E-state index < -0.39 is 0 Å². The first kappa shape index (κ1) is 12.8. The highest BCUT2D eigenvalue weighted by Crippen LogP contribution is 2.20. The van der Waals surface area contributed by atoms with Crippen LogP contribution in [0.15, 0.2) is 18.3 Å². The van der Waals surface area contributed by atoms with Crippen molar-refractivity contribution in [1.29, 1.82) is 0 Å². The van der Waals surface area contributed by atoms with Crippen LogP contribution in [-0.4, -0.2) is 22.7 Å². The Hall–Kier alpha value is -1.29. The van der Waals surface area contributed by atoms with Crippen molar-refractivity contribution in [1.82, 2.24) is 4.98 Å². The normalized spacial score (nSPS) is 13.5. The molecule has 1 unspecified atom stereocenters. The number of nitrogens with one attached hydrogen (secondary N) is 1. The number of pyridine rings is 1. The molecule has 4 heteroatoms. The number of aliphatic hydroxyl groups excluding tert-OH is 1. The topological polar surface area (TPSA) is 71.2 Å². The predicted molar refractivity (Wildman–Crippen MR) is 67.2 cm³/mol. The second-order valence-corrected chi connectivity index (χ2v) is 5.27. The molecule has 0 fully saturated rings. The van der Waals surface area contributed by atoms with Crippen LogP contribution < -0.4 is 11.1 Å². The first-order valence-corrected chi connectivity index (χ1v) is 5.50. The van der Waals surface area contributed by atoms with E-state index in [1.54, 1.807) is 12.3 Å². The zero-order valence-corrected chi connectivity index (χ0v) is 10.2. The molecule has 0 amide bonds. The predicted octanol–water partition coefficient (Wildman–Crippen LogP) is 1.87. The zero-order valence-electron chi connectivity index (χ0n) is 10.2. The van der Waals surface area contributed by atoms with Crippen LogP contribution in [0.2, 0.25) is 0 Å². The van der Waals surface area contributed by atoms with Gasteiger partial charge in [0.1, 0.15) is 5.82 Å². The second kappa shape index (κ2) is 5.16. The van der Waals surface area contributed by atoms with Crippen molar-refractivity contribution in [2.24, 2.45) is 5.41 Å². The smallest absolute Gasteiger partial charge is 0.123 e. The molecule has 0 saturated carbocycles. The summed E-state index contributed by atoms with van der Waals surface area (Å²) in [7, 11) is 0. The quantitative estimate of drug-likeness (QED) is 0.728. The number of aliphatic hydroxyl groups is 1. The van der Waals surface area contributed by atoms with Gasteiger partial charge in [-0.3, -0.25) is 0 Å². The summed E-state index contributed by atoms with van der Waals surface area (Å²) >= 11 is 0. The van der Waals surface area contributed by atoms with Gasteiger partial charge in [0.25, 0.3) is 0 Å². The number of hydrogen-bond donors (Lipinski definition) is 3. The van der Waals surface area contributed by atoms with Crippen LogP contribution in [0, 0.1) is 5.41 Å². The lowest BCUT2D eigenvalue weighted by molar-refractivity contribution is 0.132. The van der Waals surface area contributed by atoms with E-state index in [4.69, 9.17) is 5.73 Å². The Balaban J connectivity index is 2.37. The van der Waals surface area contributed by atoms with Gasteiger partial charge in [-0.05, 0) is 24.0 Å². The molecule has 0 aromatic carbocycles. The summed E-state index contributed by atoms with van der Waals surface area (Å²) in [5.74, 6) is 0.501. The summed E-state index contributed by atoms with van der Waals surface area (Å²) < 4.78 is 0. The number of nitrogen functional groups attached to an aromatic ring is 1. The molecule has 0 spiro atoms. The van der Waals surface area contributed by atoms with Crippen molar-refractivity contribution in [2.45, 2.75) is 33.3 Å². The summed E-state index contributed by atoms with van der Waals surface area (Å²) in [4.78, 5) is 3.97. The summed E-state index contributed by atoms with van der Waals surface area (Å²) in [5.41, 5.74) is 6.49. The standard InChI is InChI=1S/C12H21N3O/c1-12(2,3)6-10(16)8-14-9-4-5-11(13)15-7-9/h4-5,7,10,14,16H,6,8H2,1-3H3,(H2,13,15). The maximum atomic E-state index is 9.79. The first-order chi connectivity index (χ1) is 7.37. The average Bonchev–Trinajstić information content (AvgIpc) is 2.14. The third kappa shape index (κ3) is 4.98. The molecule has 0 aliphatic rings. The van der Waals surface area contributed by atoms with E-state index in [2.05, 4.69) is 31.1 Å². The van der Waals surface area contributed by atoms with Crippen LogP contribution >= 0.6 is 0 Å². The molecular formula is C12H21N3O. The van der Waals surface area contributed by atoms with Gasteiger partial charge in [0.2, 0.25) is 0 Å². The van der Waals surface area contributed by atoms with E-state index in [1.807, 2.05) is 6.07 Å². The van der Waals surface area contributed by atoms with Crippen molar-refractivity contribution in [3.05, 3.63) is 18.3 Å². The monoisotopic (exact) mass is 223 g/mol. The maximum Gasteiger partial charge on any atom is 0.123 e. The highest BCUT2D eigenvalue weighted by atomic mass is 16.3. The fraction of sp³-hybridized carbons (Fsp3) is 0.583. The van der Waals surface area contributed by atoms with Crippen LogP contribution in [0.3, 0.4) is 0 Å². The maximum absolute atomic E-state index is 9.79. The molecule has 1 rings (SSSR count). The van der Waals surface area contributed by atoms with E-state index in [0.717, 1.165) is 12.1 Å². The lowest BCUT2D eigenvalue weighted by Gasteiger charge is -2.22. The number of rotatable bonds is 4. The van der Waals surface area contributed by atoms with E-state index in [-0.39, 0.29) is 11.5 Å². The lowest BCUT2D eigenvalue weighted by Crippen LogP contribution is -2.25. The number of aromatic nitrogens is 1. The van der Waals surface area contributed by atoms with Crippen LogP contribution in [-0.2, 0) is 0 Å². The van der Waals surface area contributed by atoms with Gasteiger partial charge >= 0.3 is 0 Å². The van der Waals surface area contributed by atoms with Gasteiger partial charge in [-0.1, -0.05) is 20.8 Å². The molecule has 4 nitrogen and oxygen atoms in total. The van der Waals surface area contributed by atoms with Crippen molar-refractivity contribution >= 4 is 11.5 Å². The zero-order chi connectivity index (χ0) is 12.2. The fourth-order valence-electron chi connectivity index (χ4n) is 1.52. The minimum absolute atomic E-state index is 0.139. The molecule has 1 atom stereocenters. The average molecular weight is 223 g/mol. The van der Waals surface area contributed by atoms with Gasteiger partial charge in [0.05, 0.1) is 18.0 Å². The molecule has 0 saturated heterocycles. The Kier molecular flexibility index (Phi) is 4.12. The molecule has 0 aliphatic heterocycles. The third-order valence-electron chi connectivity index (χ3n) is 2.18. The van der Waals surface area contributed by atoms with E-state index >= 15 is 0 Å². The molecule has 0 bridgehead atoms. The summed E-state index contributed by atoms with van der Waals surface area (Å²) in [5, 5.41) is 12.9. The van der Waals surface area contributed by atoms with Crippen molar-refractivity contribution in [3.63, 3.8) is 0 Å². The van der Waals surface area contributed by atoms with Gasteiger partial charge in [-0.15, -0.1) is 0 Å². The highest BCUT2D eigenvalue weighted by molar-refractivity contribution is 5.45. The number of anilines is 2. The van der Waals surface area contributed by atoms with Crippen LogP contribution in [0.1, 0.15) is 27.2 Å². The van der Waals surface area contributed by atoms with Gasteiger partial charge in [-0.2, -0.15) is 0 Å². The molecule has 1 heterocycles. The molecule has 90 valence electrons. The Morgan fingerprint density at radius 1 is 1.44 bits per heavy atom. The molecule has 0 radical (unpaired) electrons. The Labute approximate surface area is 96.9 Å². The minimum atomic E-state index is -0.349. The van der Waals surface area contributed by atoms with Gasteiger partial charge in [0.15, 0.2) is 0 Å². The van der Waals surface area contributed by atoms with E-state index in [9.17, 15) is 5.11 Å². The van der Waals surface area contributed by atoms with E-state index in [1.165, 1.54) is 0 Å². The summed E-state index contributed by atoms with van der Waals surface area (Å²) in [6, 6.07) is 3.59. The van der Waals surface area contributed by atoms with E-state index in [0.29, 0.717) is 12.4 Å². The Morgan fingerprint density at radius 3 is 2.62 bits per heavy atom.